The Morgan fingerprint density at radius 1 is 0.581 bits per heavy atom. The first-order valence-corrected chi connectivity index (χ1v) is 29.2. The minimum Gasteiger partial charge on any atom is -0.497 e. The van der Waals surface area contributed by atoms with Gasteiger partial charge in [0.15, 0.2) is 24.6 Å². The molecule has 2 fully saturated rings. The number of carbonyl (C=O) groups excluding carboxylic acids is 8. The van der Waals surface area contributed by atoms with Gasteiger partial charge in [-0.25, -0.2) is 0 Å². The molecule has 0 bridgehead atoms. The fraction of sp³-hybridized carbons (Fsp3) is 0.587. The van der Waals surface area contributed by atoms with Gasteiger partial charge in [-0.2, -0.15) is 0 Å². The molecule has 86 heavy (non-hydrogen) atoms. The smallest absolute Gasteiger partial charge is 0.306 e. The summed E-state index contributed by atoms with van der Waals surface area (Å²) in [6.45, 7) is 10.0. The van der Waals surface area contributed by atoms with Crippen LogP contribution < -0.4 is 20.5 Å². The number of esters is 5. The normalized spacial score (nSPS) is 20.9. The highest BCUT2D eigenvalue weighted by atomic mass is 16.7. The Bertz CT molecular complexity index is 2610. The van der Waals surface area contributed by atoms with E-state index in [-0.39, 0.29) is 77.5 Å². The molecule has 2 aliphatic heterocycles. The molecular formula is C63H87N3O20. The molecule has 5 rings (SSSR count). The highest BCUT2D eigenvalue weighted by Crippen LogP contribution is 2.50. The van der Waals surface area contributed by atoms with E-state index >= 15 is 0 Å². The Labute approximate surface area is 503 Å². The number of rotatable bonds is 37. The van der Waals surface area contributed by atoms with Gasteiger partial charge in [0.25, 0.3) is 0 Å². The van der Waals surface area contributed by atoms with Gasteiger partial charge in [-0.1, -0.05) is 94.1 Å². The van der Waals surface area contributed by atoms with Crippen LogP contribution in [0.2, 0.25) is 0 Å². The second kappa shape index (κ2) is 34.8. The third-order valence-corrected chi connectivity index (χ3v) is 15.2. The predicted molar refractivity (Wildman–Crippen MR) is 310 cm³/mol. The summed E-state index contributed by atoms with van der Waals surface area (Å²) in [5.74, 6) is -2.77. The average molecular weight is 1210 g/mol. The fourth-order valence-corrected chi connectivity index (χ4v) is 10.4. The van der Waals surface area contributed by atoms with Crippen LogP contribution in [0.3, 0.4) is 0 Å². The maximum absolute atomic E-state index is 14.1. The summed E-state index contributed by atoms with van der Waals surface area (Å²) in [5, 5.41) is 2.86. The van der Waals surface area contributed by atoms with Crippen molar-refractivity contribution in [2.24, 2.45) is 16.6 Å². The third kappa shape index (κ3) is 21.1. The minimum atomic E-state index is -1.35. The lowest BCUT2D eigenvalue weighted by molar-refractivity contribution is -0.309. The molecule has 474 valence electrons. The van der Waals surface area contributed by atoms with Gasteiger partial charge in [-0.15, -0.1) is 0 Å². The lowest BCUT2D eigenvalue weighted by atomic mass is 9.68. The van der Waals surface area contributed by atoms with Crippen LogP contribution in [0.25, 0.3) is 0 Å². The van der Waals surface area contributed by atoms with Crippen LogP contribution in [0.1, 0.15) is 122 Å². The molecule has 7 atom stereocenters. The maximum Gasteiger partial charge on any atom is 0.306 e. The number of nitrogens with one attached hydrogen (secondary N) is 1. The summed E-state index contributed by atoms with van der Waals surface area (Å²) < 4.78 is 68.5. The van der Waals surface area contributed by atoms with Crippen molar-refractivity contribution in [2.75, 3.05) is 86.7 Å². The Morgan fingerprint density at radius 3 is 1.65 bits per heavy atom. The zero-order chi connectivity index (χ0) is 62.7. The Morgan fingerprint density at radius 2 is 1.09 bits per heavy atom. The van der Waals surface area contributed by atoms with E-state index < -0.39 is 82.9 Å². The van der Waals surface area contributed by atoms with Gasteiger partial charge in [0.1, 0.15) is 29.8 Å². The topological polar surface area (TPSA) is 289 Å². The van der Waals surface area contributed by atoms with E-state index in [1.807, 2.05) is 90.7 Å². The van der Waals surface area contributed by atoms with E-state index in [2.05, 4.69) is 12.2 Å². The van der Waals surface area contributed by atoms with E-state index in [1.54, 1.807) is 14.2 Å². The van der Waals surface area contributed by atoms with Gasteiger partial charge in [0.05, 0.1) is 66.9 Å². The van der Waals surface area contributed by atoms with E-state index in [0.29, 0.717) is 56.8 Å². The largest absolute Gasteiger partial charge is 0.497 e. The lowest BCUT2D eigenvalue weighted by Crippen LogP contribution is -2.63. The maximum atomic E-state index is 14.1. The molecule has 0 radical (unpaired) electrons. The highest BCUT2D eigenvalue weighted by molar-refractivity contribution is 5.80. The third-order valence-electron chi connectivity index (χ3n) is 15.2. The van der Waals surface area contributed by atoms with E-state index in [1.165, 1.54) is 6.92 Å². The Balaban J connectivity index is 1.04. The van der Waals surface area contributed by atoms with E-state index in [4.69, 9.17) is 62.6 Å². The fourth-order valence-electron chi connectivity index (χ4n) is 10.4. The van der Waals surface area contributed by atoms with Crippen molar-refractivity contribution in [3.63, 3.8) is 0 Å². The molecule has 3 amide bonds. The summed E-state index contributed by atoms with van der Waals surface area (Å²) in [5.41, 5.74) is 5.27. The van der Waals surface area contributed by atoms with Crippen LogP contribution in [0.15, 0.2) is 78.9 Å². The van der Waals surface area contributed by atoms with Crippen LogP contribution in [0.5, 0.6) is 11.5 Å². The number of carbonyl (C=O) groups is 8. The number of primary amides is 1. The van der Waals surface area contributed by atoms with Gasteiger partial charge >= 0.3 is 29.8 Å². The van der Waals surface area contributed by atoms with Crippen molar-refractivity contribution < 1.29 is 95.2 Å². The predicted octanol–water partition coefficient (Wildman–Crippen LogP) is 6.05. The molecule has 3 aromatic rings. The van der Waals surface area contributed by atoms with Gasteiger partial charge in [0, 0.05) is 77.4 Å². The SMILES string of the molecule is COc1ccc(C(OC[C@@]2(C)CN(C(=O)CCCCCCCCC(=O)NCCOCCOCCO[C@H]3O[C@H](COC(C)=O)[C@@H](OC(C)=O)[C@H](OC(C)=O)[C@@H]3OC(C)=O)C[C@@]2(C)COC(=O)CCC(N)=O)(c2ccccc2)c2ccc(OC)cc2)cc1. The van der Waals surface area contributed by atoms with Crippen molar-refractivity contribution in [1.82, 2.24) is 10.2 Å². The van der Waals surface area contributed by atoms with E-state index in [0.717, 1.165) is 63.1 Å². The van der Waals surface area contributed by atoms with Crippen molar-refractivity contribution in [2.45, 2.75) is 142 Å². The summed E-state index contributed by atoms with van der Waals surface area (Å²) in [7, 11) is 3.23. The zero-order valence-corrected chi connectivity index (χ0v) is 50.9. The summed E-state index contributed by atoms with van der Waals surface area (Å²) in [6.07, 6.45) is -1.16. The minimum absolute atomic E-state index is 0.00895. The molecular weight excluding hydrogens is 1120 g/mol. The molecule has 0 aromatic heterocycles. The van der Waals surface area contributed by atoms with Gasteiger partial charge < -0.3 is 72.8 Å². The number of ether oxygens (including phenoxy) is 12. The van der Waals surface area contributed by atoms with Crippen molar-refractivity contribution in [1.29, 1.82) is 0 Å². The van der Waals surface area contributed by atoms with Gasteiger partial charge in [0.2, 0.25) is 17.7 Å². The highest BCUT2D eigenvalue weighted by Gasteiger charge is 2.56. The number of amides is 3. The van der Waals surface area contributed by atoms with E-state index in [9.17, 15) is 38.4 Å². The van der Waals surface area contributed by atoms with Crippen molar-refractivity contribution >= 4 is 47.6 Å². The van der Waals surface area contributed by atoms with Crippen LogP contribution in [0.4, 0.5) is 0 Å². The molecule has 0 aliphatic carbocycles. The standard InChI is InChI=1S/C63H87N3O20/c1-43(67)80-38-52-57(83-44(2)68)58(84-45(3)69)59(85-46(4)70)60(86-52)79-37-36-78-35-34-77-33-32-65-54(72)20-16-11-9-10-12-17-21-55(73)66-39-61(5,41-81-56(74)31-30-53(64)71)62(6,40-66)42-82-63(47-18-14-13-15-19-47,48-22-26-50(75-7)27-23-48)49-24-28-51(76-8)29-25-49/h13-15,18-19,22-29,52,57-60H,9-12,16-17,20-21,30-42H2,1-8H3,(H2,64,71)(H,65,72)/t52-,57-,58+,59+,60+,61+,62-/m1/s1. The zero-order valence-electron chi connectivity index (χ0n) is 50.9. The number of unbranched alkanes of at least 4 members (excludes halogenated alkanes) is 5. The van der Waals surface area contributed by atoms with Crippen molar-refractivity contribution in [3.8, 4) is 11.5 Å². The summed E-state index contributed by atoms with van der Waals surface area (Å²) >= 11 is 0. The van der Waals surface area contributed by atoms with Crippen LogP contribution in [-0.4, -0.2) is 170 Å². The molecule has 0 spiro atoms. The Hall–Kier alpha value is -7.18. The van der Waals surface area contributed by atoms with Crippen molar-refractivity contribution in [3.05, 3.63) is 95.6 Å². The first-order chi connectivity index (χ1) is 41.1. The van der Waals surface area contributed by atoms with Crippen LogP contribution in [0, 0.1) is 10.8 Å². The number of nitrogens with zero attached hydrogens (tertiary/aromatic N) is 1. The molecule has 3 N–H and O–H groups in total. The second-order valence-electron chi connectivity index (χ2n) is 21.9. The first kappa shape index (κ1) is 69.6. The average Bonchev–Trinajstić information content (AvgIpc) is 1.39. The lowest BCUT2D eigenvalue weighted by Gasteiger charge is -2.44. The summed E-state index contributed by atoms with van der Waals surface area (Å²) in [6, 6.07) is 25.4. The number of methoxy groups -OCH3 is 2. The molecule has 2 heterocycles. The molecule has 2 aliphatic rings. The Kier molecular flexibility index (Phi) is 28.2. The number of nitrogens with two attached hydrogens (primary N) is 1. The second-order valence-corrected chi connectivity index (χ2v) is 21.9. The quantitative estimate of drug-likeness (QED) is 0.0288. The summed E-state index contributed by atoms with van der Waals surface area (Å²) in [4.78, 5) is 101. The van der Waals surface area contributed by atoms with Gasteiger partial charge in [-0.05, 0) is 53.8 Å². The molecule has 2 saturated heterocycles. The molecule has 23 nitrogen and oxygen atoms in total. The molecule has 0 saturated carbocycles. The number of benzene rings is 3. The monoisotopic (exact) mass is 1210 g/mol. The number of likely N-dealkylation sites (tertiary alicyclic amines) is 1. The molecule has 3 aromatic carbocycles. The molecule has 23 heteroatoms. The van der Waals surface area contributed by atoms with Crippen LogP contribution in [-0.2, 0) is 91.3 Å². The number of hydrogen-bond acceptors (Lipinski definition) is 20. The molecule has 0 unspecified atom stereocenters. The van der Waals surface area contributed by atoms with Gasteiger partial charge in [-0.3, -0.25) is 38.4 Å². The van der Waals surface area contributed by atoms with Crippen LogP contribution >= 0.6 is 0 Å². The number of hydrogen-bond donors (Lipinski definition) is 2. The first-order valence-electron chi connectivity index (χ1n) is 29.2.